The number of amides is 3. The molecule has 58 heavy (non-hydrogen) atoms. The number of hydrogen-bond acceptors (Lipinski definition) is 10. The predicted octanol–water partition coefficient (Wildman–Crippen LogP) is 2.68. The van der Waals surface area contributed by atoms with Gasteiger partial charge in [-0.15, -0.1) is 11.8 Å². The van der Waals surface area contributed by atoms with Crippen molar-refractivity contribution in [1.82, 2.24) is 20.1 Å². The third-order valence-electron chi connectivity index (χ3n) is 9.11. The normalized spacial score (nSPS) is 13.5. The SMILES string of the molecule is CC(C)(C)[C@H](c1cc(-c2cc(F)ccc2F)cn1Cc1ccccc1)N(CC[C@H](N)C(=O)NCCCC(=O)CNC(=O)C[C@@H](SC[C@H](N)C(=O)O)C(=O)O)C(=O)CO. The number of aromatic nitrogens is 1. The van der Waals surface area contributed by atoms with Crippen LogP contribution in [0, 0.1) is 17.0 Å². The van der Waals surface area contributed by atoms with E-state index in [1.165, 1.54) is 4.90 Å². The van der Waals surface area contributed by atoms with Crippen LogP contribution in [-0.4, -0.2) is 110 Å². The van der Waals surface area contributed by atoms with Gasteiger partial charge in [-0.3, -0.25) is 28.8 Å². The second kappa shape index (κ2) is 22.1. The average Bonchev–Trinajstić information content (AvgIpc) is 3.57. The maximum absolute atomic E-state index is 15.0. The van der Waals surface area contributed by atoms with E-state index < -0.39 is 83.1 Å². The van der Waals surface area contributed by atoms with Crippen LogP contribution >= 0.6 is 11.8 Å². The predicted molar refractivity (Wildman–Crippen MR) is 213 cm³/mol. The van der Waals surface area contributed by atoms with Crippen molar-refractivity contribution >= 4 is 47.2 Å². The second-order valence-corrected chi connectivity index (χ2v) is 16.1. The standard InChI is InChI=1S/C40H52F2N6O9S/c1-40(2,3)36(32-16-25(28-17-26(41)11-12-29(28)42)21-47(32)20-24-8-5-4-6-9-24)48(35(52)22-49)15-13-30(43)37(53)45-14-7-10-27(50)19-46-34(51)18-33(39(56)57)58-23-31(44)38(54)55/h4-6,8-9,11-12,16-17,21,30-31,33,36,49H,7,10,13-15,18-20,22-23,43-44H2,1-3H3,(H,45,53)(H,46,51)(H,54,55)(H,56,57)/t30-,31-,33+,36-/m0/s1. The Bertz CT molecular complexity index is 1910. The Morgan fingerprint density at radius 2 is 1.62 bits per heavy atom. The van der Waals surface area contributed by atoms with Gasteiger partial charge in [-0.25, -0.2) is 8.78 Å². The van der Waals surface area contributed by atoms with E-state index in [9.17, 15) is 43.4 Å². The molecule has 0 saturated heterocycles. The molecule has 0 fully saturated rings. The van der Waals surface area contributed by atoms with Crippen LogP contribution in [0.4, 0.5) is 8.78 Å². The first kappa shape index (κ1) is 47.2. The van der Waals surface area contributed by atoms with Crippen molar-refractivity contribution in [2.24, 2.45) is 16.9 Å². The molecule has 0 aliphatic heterocycles. The van der Waals surface area contributed by atoms with Gasteiger partial charge in [0, 0.05) is 61.2 Å². The molecule has 3 aromatic rings. The van der Waals surface area contributed by atoms with Crippen molar-refractivity contribution < 1.29 is 52.9 Å². The number of benzene rings is 2. The summed E-state index contributed by atoms with van der Waals surface area (Å²) in [5.74, 6) is -6.41. The number of hydrogen-bond donors (Lipinski definition) is 7. The molecule has 0 radical (unpaired) electrons. The van der Waals surface area contributed by atoms with Crippen LogP contribution in [0.2, 0.25) is 0 Å². The van der Waals surface area contributed by atoms with Crippen LogP contribution in [0.25, 0.3) is 11.1 Å². The summed E-state index contributed by atoms with van der Waals surface area (Å²) < 4.78 is 31.2. The van der Waals surface area contributed by atoms with Crippen molar-refractivity contribution in [1.29, 1.82) is 0 Å². The Morgan fingerprint density at radius 1 is 0.931 bits per heavy atom. The quantitative estimate of drug-likeness (QED) is 0.0682. The van der Waals surface area contributed by atoms with E-state index in [1.54, 1.807) is 12.3 Å². The van der Waals surface area contributed by atoms with Gasteiger partial charge in [-0.05, 0) is 48.1 Å². The summed E-state index contributed by atoms with van der Waals surface area (Å²) in [5, 5.41) is 32.0. The number of aliphatic hydroxyl groups excluding tert-OH is 1. The van der Waals surface area contributed by atoms with Crippen molar-refractivity contribution in [3.63, 3.8) is 0 Å². The number of ketones is 1. The number of rotatable bonds is 23. The zero-order valence-corrected chi connectivity index (χ0v) is 33.5. The number of halogens is 2. The van der Waals surface area contributed by atoms with E-state index in [4.69, 9.17) is 16.6 Å². The summed E-state index contributed by atoms with van der Waals surface area (Å²) in [6.45, 7) is 4.79. The number of carboxylic acids is 2. The highest BCUT2D eigenvalue weighted by molar-refractivity contribution is 8.00. The molecule has 0 spiro atoms. The smallest absolute Gasteiger partial charge is 0.321 e. The molecule has 0 unspecified atom stereocenters. The highest BCUT2D eigenvalue weighted by atomic mass is 32.2. The lowest BCUT2D eigenvalue weighted by molar-refractivity contribution is -0.140. The van der Waals surface area contributed by atoms with E-state index in [0.29, 0.717) is 29.6 Å². The van der Waals surface area contributed by atoms with Gasteiger partial charge in [0.1, 0.15) is 29.5 Å². The molecule has 15 nitrogen and oxygen atoms in total. The second-order valence-electron chi connectivity index (χ2n) is 14.8. The molecule has 4 atom stereocenters. The first-order valence-corrected chi connectivity index (χ1v) is 19.6. The number of nitrogens with zero attached hydrogens (tertiary/aromatic N) is 2. The van der Waals surface area contributed by atoms with E-state index >= 15 is 4.39 Å². The van der Waals surface area contributed by atoms with Crippen molar-refractivity contribution in [2.45, 2.75) is 76.4 Å². The molecule has 3 amide bonds. The number of thioether (sulfide) groups is 1. The molecule has 3 rings (SSSR count). The number of carbonyl (C=O) groups excluding carboxylic acids is 4. The zero-order valence-electron chi connectivity index (χ0n) is 32.7. The van der Waals surface area contributed by atoms with Crippen molar-refractivity contribution in [3.05, 3.63) is 83.7 Å². The van der Waals surface area contributed by atoms with Gasteiger partial charge in [0.05, 0.1) is 18.6 Å². The van der Waals surface area contributed by atoms with E-state index in [-0.39, 0.29) is 56.0 Å². The molecule has 1 aromatic heterocycles. The maximum Gasteiger partial charge on any atom is 0.321 e. The fourth-order valence-corrected chi connectivity index (χ4v) is 7.17. The number of nitrogens with one attached hydrogen (secondary N) is 2. The van der Waals surface area contributed by atoms with Gasteiger partial charge in [0.25, 0.3) is 0 Å². The average molecular weight is 831 g/mol. The van der Waals surface area contributed by atoms with Gasteiger partial charge in [0.2, 0.25) is 17.7 Å². The number of aliphatic carboxylic acids is 2. The minimum atomic E-state index is -1.33. The summed E-state index contributed by atoms with van der Waals surface area (Å²) in [6, 6.07) is 11.2. The van der Waals surface area contributed by atoms with Crippen molar-refractivity contribution in [3.8, 4) is 11.1 Å². The van der Waals surface area contributed by atoms with E-state index in [2.05, 4.69) is 10.6 Å². The number of Topliss-reactive ketones (excluding diaryl/α,β-unsaturated/α-hetero) is 1. The van der Waals surface area contributed by atoms with Crippen LogP contribution in [0.1, 0.15) is 63.8 Å². The lowest BCUT2D eigenvalue weighted by Crippen LogP contribution is -2.47. The third kappa shape index (κ3) is 14.3. The zero-order chi connectivity index (χ0) is 43.2. The summed E-state index contributed by atoms with van der Waals surface area (Å²) in [6.07, 6.45) is 1.34. The number of carbonyl (C=O) groups is 6. The molecule has 1 heterocycles. The van der Waals surface area contributed by atoms with E-state index in [0.717, 1.165) is 23.8 Å². The van der Waals surface area contributed by atoms with Crippen LogP contribution in [0.3, 0.4) is 0 Å². The largest absolute Gasteiger partial charge is 0.480 e. The lowest BCUT2D eigenvalue weighted by Gasteiger charge is -2.41. The van der Waals surface area contributed by atoms with Crippen molar-refractivity contribution in [2.75, 3.05) is 32.0 Å². The topological polar surface area (TPSA) is 247 Å². The number of carboxylic acid groups (broad SMARTS) is 2. The molecule has 0 saturated carbocycles. The van der Waals surface area contributed by atoms with Gasteiger partial charge in [-0.2, -0.15) is 0 Å². The molecular weight excluding hydrogens is 779 g/mol. The molecule has 2 aromatic carbocycles. The number of nitrogens with two attached hydrogens (primary N) is 2. The molecule has 18 heteroatoms. The Labute approximate surface area is 339 Å². The molecular formula is C40H52F2N6O9S. The first-order chi connectivity index (χ1) is 27.3. The molecule has 316 valence electrons. The van der Waals surface area contributed by atoms with Crippen LogP contribution in [-0.2, 0) is 35.3 Å². The molecule has 0 aliphatic carbocycles. The summed E-state index contributed by atoms with van der Waals surface area (Å²) in [5.41, 5.74) is 12.9. The first-order valence-electron chi connectivity index (χ1n) is 18.6. The summed E-state index contributed by atoms with van der Waals surface area (Å²) >= 11 is 0.705. The molecule has 9 N–H and O–H groups in total. The van der Waals surface area contributed by atoms with Gasteiger partial charge in [0.15, 0.2) is 5.78 Å². The fourth-order valence-electron chi connectivity index (χ4n) is 6.17. The monoisotopic (exact) mass is 830 g/mol. The minimum absolute atomic E-state index is 0.0161. The minimum Gasteiger partial charge on any atom is -0.480 e. The summed E-state index contributed by atoms with van der Waals surface area (Å²) in [4.78, 5) is 74.8. The number of aliphatic hydroxyl groups is 1. The van der Waals surface area contributed by atoms with Crippen LogP contribution < -0.4 is 22.1 Å². The van der Waals surface area contributed by atoms with Crippen LogP contribution in [0.15, 0.2) is 60.8 Å². The van der Waals surface area contributed by atoms with Gasteiger partial charge >= 0.3 is 11.9 Å². The Balaban J connectivity index is 1.64. The highest BCUT2D eigenvalue weighted by Gasteiger charge is 2.37. The third-order valence-corrected chi connectivity index (χ3v) is 10.4. The fraction of sp³-hybridized carbons (Fsp3) is 0.450. The Kier molecular flexibility index (Phi) is 18.0. The van der Waals surface area contributed by atoms with Crippen LogP contribution in [0.5, 0.6) is 0 Å². The Morgan fingerprint density at radius 3 is 2.24 bits per heavy atom. The molecule has 0 bridgehead atoms. The van der Waals surface area contributed by atoms with Gasteiger partial charge < -0.3 is 46.9 Å². The summed E-state index contributed by atoms with van der Waals surface area (Å²) in [7, 11) is 0. The van der Waals surface area contributed by atoms with E-state index in [1.807, 2.05) is 55.7 Å². The lowest BCUT2D eigenvalue weighted by atomic mass is 9.82. The highest BCUT2D eigenvalue weighted by Crippen LogP contribution is 2.41. The maximum atomic E-state index is 15.0. The van der Waals surface area contributed by atoms with Gasteiger partial charge in [-0.1, -0.05) is 51.1 Å². The Hall–Kier alpha value is -5.17. The molecule has 0 aliphatic rings.